The van der Waals surface area contributed by atoms with Crippen LogP contribution in [-0.4, -0.2) is 13.0 Å². The molecule has 0 aliphatic heterocycles. The van der Waals surface area contributed by atoms with Gasteiger partial charge < -0.3 is 10.1 Å². The van der Waals surface area contributed by atoms with E-state index >= 15 is 0 Å². The second-order valence-corrected chi connectivity index (χ2v) is 5.41. The molecule has 3 heteroatoms. The van der Waals surface area contributed by atoms with Crippen molar-refractivity contribution in [2.45, 2.75) is 33.6 Å². The molecule has 1 N–H and O–H groups in total. The molecule has 1 amide bonds. The van der Waals surface area contributed by atoms with Crippen LogP contribution in [0.3, 0.4) is 0 Å². The molecule has 0 fully saturated rings. The van der Waals surface area contributed by atoms with Gasteiger partial charge in [0.25, 0.3) is 0 Å². The quantitative estimate of drug-likeness (QED) is 0.442. The van der Waals surface area contributed by atoms with E-state index in [2.05, 4.69) is 32.2 Å². The van der Waals surface area contributed by atoms with Crippen molar-refractivity contribution in [1.29, 1.82) is 0 Å². The number of benzene rings is 1. The van der Waals surface area contributed by atoms with Crippen LogP contribution in [0.2, 0.25) is 0 Å². The molecule has 0 aliphatic rings. The summed E-state index contributed by atoms with van der Waals surface area (Å²) in [6.07, 6.45) is 9.57. The van der Waals surface area contributed by atoms with Crippen molar-refractivity contribution in [3.8, 4) is 5.75 Å². The first-order chi connectivity index (χ1) is 10.5. The average molecular weight is 299 g/mol. The lowest BCUT2D eigenvalue weighted by Gasteiger charge is -2.03. The summed E-state index contributed by atoms with van der Waals surface area (Å²) in [5.41, 5.74) is 3.34. The van der Waals surface area contributed by atoms with Crippen molar-refractivity contribution < 1.29 is 9.53 Å². The van der Waals surface area contributed by atoms with E-state index < -0.39 is 0 Å². The molecule has 0 aliphatic carbocycles. The fourth-order valence-electron chi connectivity index (χ4n) is 1.83. The third-order valence-corrected chi connectivity index (χ3v) is 3.08. The Morgan fingerprint density at radius 3 is 2.45 bits per heavy atom. The summed E-state index contributed by atoms with van der Waals surface area (Å²) in [5, 5.41) is 2.80. The fourth-order valence-corrected chi connectivity index (χ4v) is 1.83. The van der Waals surface area contributed by atoms with Crippen molar-refractivity contribution in [2.24, 2.45) is 0 Å². The van der Waals surface area contributed by atoms with Gasteiger partial charge in [-0.25, -0.2) is 0 Å². The Labute approximate surface area is 133 Å². The number of carbonyl (C=O) groups is 1. The number of hydrogen-bond acceptors (Lipinski definition) is 2. The minimum absolute atomic E-state index is 0.140. The van der Waals surface area contributed by atoms with E-state index in [1.54, 1.807) is 13.2 Å². The molecule has 0 saturated heterocycles. The van der Waals surface area contributed by atoms with Crippen LogP contribution >= 0.6 is 0 Å². The first-order valence-electron chi connectivity index (χ1n) is 7.43. The molecule has 0 aromatic heterocycles. The van der Waals surface area contributed by atoms with Gasteiger partial charge in [0.05, 0.1) is 7.11 Å². The minimum Gasteiger partial charge on any atom is -0.497 e. The summed E-state index contributed by atoms with van der Waals surface area (Å²) in [5.74, 6) is 0.627. The predicted molar refractivity (Wildman–Crippen MR) is 93.2 cm³/mol. The smallest absolute Gasteiger partial charge is 0.248 e. The number of anilines is 1. The van der Waals surface area contributed by atoms with Crippen LogP contribution in [0, 0.1) is 0 Å². The molecular formula is C19H25NO2. The first-order valence-corrected chi connectivity index (χ1v) is 7.43. The van der Waals surface area contributed by atoms with E-state index in [0.29, 0.717) is 0 Å². The van der Waals surface area contributed by atoms with Crippen LogP contribution < -0.4 is 10.1 Å². The maximum Gasteiger partial charge on any atom is 0.248 e. The lowest BCUT2D eigenvalue weighted by Crippen LogP contribution is -2.07. The minimum atomic E-state index is -0.140. The zero-order chi connectivity index (χ0) is 16.4. The molecule has 0 saturated carbocycles. The Kier molecular flexibility index (Phi) is 7.76. The molecule has 0 bridgehead atoms. The van der Waals surface area contributed by atoms with Gasteiger partial charge in [0.15, 0.2) is 0 Å². The van der Waals surface area contributed by atoms with Gasteiger partial charge in [-0.1, -0.05) is 29.4 Å². The van der Waals surface area contributed by atoms with E-state index in [9.17, 15) is 4.79 Å². The van der Waals surface area contributed by atoms with E-state index in [0.717, 1.165) is 24.3 Å². The number of rotatable bonds is 7. The van der Waals surface area contributed by atoms with Gasteiger partial charge in [-0.3, -0.25) is 4.79 Å². The maximum atomic E-state index is 11.8. The summed E-state index contributed by atoms with van der Waals surface area (Å²) in [7, 11) is 1.61. The third kappa shape index (κ3) is 7.48. The number of hydrogen-bond donors (Lipinski definition) is 1. The zero-order valence-electron chi connectivity index (χ0n) is 13.8. The number of methoxy groups -OCH3 is 1. The van der Waals surface area contributed by atoms with Crippen molar-refractivity contribution in [1.82, 2.24) is 0 Å². The number of carbonyl (C=O) groups excluding carboxylic acids is 1. The summed E-state index contributed by atoms with van der Waals surface area (Å²) >= 11 is 0. The monoisotopic (exact) mass is 299 g/mol. The largest absolute Gasteiger partial charge is 0.497 e. The zero-order valence-corrected chi connectivity index (χ0v) is 13.8. The van der Waals surface area contributed by atoms with Gasteiger partial charge in [0.2, 0.25) is 5.91 Å². The molecule has 1 aromatic rings. The van der Waals surface area contributed by atoms with Crippen LogP contribution in [0.15, 0.2) is 59.7 Å². The Hall–Kier alpha value is -2.29. The Bertz CT molecular complexity index is 562. The van der Waals surface area contributed by atoms with Crippen molar-refractivity contribution >= 4 is 11.6 Å². The van der Waals surface area contributed by atoms with Crippen LogP contribution in [0.25, 0.3) is 0 Å². The second kappa shape index (κ2) is 9.61. The molecular weight excluding hydrogens is 274 g/mol. The Morgan fingerprint density at radius 1 is 1.18 bits per heavy atom. The highest BCUT2D eigenvalue weighted by Crippen LogP contribution is 2.14. The summed E-state index contributed by atoms with van der Waals surface area (Å²) in [4.78, 5) is 11.8. The first kappa shape index (κ1) is 17.8. The molecule has 0 unspecified atom stereocenters. The van der Waals surface area contributed by atoms with Crippen LogP contribution in [-0.2, 0) is 4.79 Å². The van der Waals surface area contributed by atoms with Gasteiger partial charge in [0, 0.05) is 11.8 Å². The number of amides is 1. The highest BCUT2D eigenvalue weighted by molar-refractivity contribution is 5.99. The molecule has 0 spiro atoms. The average Bonchev–Trinajstić information content (AvgIpc) is 2.47. The molecule has 22 heavy (non-hydrogen) atoms. The number of allylic oxidation sites excluding steroid dienone is 5. The lowest BCUT2D eigenvalue weighted by molar-refractivity contribution is -0.111. The fraction of sp³-hybridized carbons (Fsp3) is 0.316. The molecule has 118 valence electrons. The van der Waals surface area contributed by atoms with Crippen molar-refractivity contribution in [3.63, 3.8) is 0 Å². The summed E-state index contributed by atoms with van der Waals surface area (Å²) < 4.78 is 5.07. The van der Waals surface area contributed by atoms with E-state index in [1.807, 2.05) is 30.3 Å². The molecule has 1 rings (SSSR count). The van der Waals surface area contributed by atoms with Crippen LogP contribution in [0.5, 0.6) is 5.75 Å². The molecule has 3 nitrogen and oxygen atoms in total. The summed E-state index contributed by atoms with van der Waals surface area (Å²) in [6, 6.07) is 7.25. The van der Waals surface area contributed by atoms with E-state index in [1.165, 1.54) is 17.2 Å². The Morgan fingerprint density at radius 2 is 1.86 bits per heavy atom. The molecule has 0 radical (unpaired) electrons. The number of nitrogens with one attached hydrogen (secondary N) is 1. The SMILES string of the molecule is COc1ccc(NC(=O)/C=C/C=C(\C)CCC=C(C)C)cc1. The highest BCUT2D eigenvalue weighted by Gasteiger charge is 1.97. The normalized spacial score (nSPS) is 11.4. The lowest BCUT2D eigenvalue weighted by atomic mass is 10.1. The number of ether oxygens (including phenoxy) is 1. The second-order valence-electron chi connectivity index (χ2n) is 5.41. The molecule has 1 aromatic carbocycles. The van der Waals surface area contributed by atoms with Crippen molar-refractivity contribution in [3.05, 3.63) is 59.7 Å². The topological polar surface area (TPSA) is 38.3 Å². The van der Waals surface area contributed by atoms with Crippen molar-refractivity contribution in [2.75, 3.05) is 12.4 Å². The van der Waals surface area contributed by atoms with Gasteiger partial charge in [-0.15, -0.1) is 0 Å². The predicted octanol–water partition coefficient (Wildman–Crippen LogP) is 4.88. The maximum absolute atomic E-state index is 11.8. The standard InChI is InChI=1S/C19H25NO2/c1-15(2)7-5-8-16(3)9-6-10-19(21)20-17-11-13-18(22-4)14-12-17/h6-7,9-14H,5,8H2,1-4H3,(H,20,21)/b10-6+,16-9+. The van der Waals surface area contributed by atoms with Gasteiger partial charge in [-0.2, -0.15) is 0 Å². The molecule has 0 atom stereocenters. The molecule has 0 heterocycles. The van der Waals surface area contributed by atoms with E-state index in [4.69, 9.17) is 4.74 Å². The van der Waals surface area contributed by atoms with E-state index in [-0.39, 0.29) is 5.91 Å². The van der Waals surface area contributed by atoms with Gasteiger partial charge in [-0.05, 0) is 57.9 Å². The van der Waals surface area contributed by atoms with Gasteiger partial charge in [0.1, 0.15) is 5.75 Å². The Balaban J connectivity index is 2.44. The van der Waals surface area contributed by atoms with Crippen LogP contribution in [0.1, 0.15) is 33.6 Å². The highest BCUT2D eigenvalue weighted by atomic mass is 16.5. The third-order valence-electron chi connectivity index (χ3n) is 3.08. The van der Waals surface area contributed by atoms with Crippen LogP contribution in [0.4, 0.5) is 5.69 Å². The van der Waals surface area contributed by atoms with Gasteiger partial charge >= 0.3 is 0 Å². The summed E-state index contributed by atoms with van der Waals surface area (Å²) in [6.45, 7) is 6.27.